The van der Waals surface area contributed by atoms with Crippen molar-refractivity contribution in [1.82, 2.24) is 9.99 Å². The molecule has 0 fully saturated rings. The highest BCUT2D eigenvalue weighted by Gasteiger charge is 2.15. The molecule has 4 rings (SSSR count). The predicted molar refractivity (Wildman–Crippen MR) is 123 cm³/mol. The van der Waals surface area contributed by atoms with Crippen LogP contribution in [0, 0.1) is 20.8 Å². The fraction of sp³-hybridized carbons (Fsp3) is 0.125. The molecule has 2 N–H and O–H groups in total. The number of hydrogen-bond acceptors (Lipinski definition) is 4. The molecule has 0 atom stereocenters. The van der Waals surface area contributed by atoms with Crippen molar-refractivity contribution in [2.24, 2.45) is 5.10 Å². The van der Waals surface area contributed by atoms with Crippen LogP contribution in [0.25, 0.3) is 16.7 Å². The normalized spacial score (nSPS) is 11.4. The lowest BCUT2D eigenvalue weighted by Crippen LogP contribution is -2.16. The summed E-state index contributed by atoms with van der Waals surface area (Å²) in [5, 5.41) is 14.7. The van der Waals surface area contributed by atoms with Crippen LogP contribution in [0.2, 0.25) is 5.02 Å². The van der Waals surface area contributed by atoms with Gasteiger partial charge in [0, 0.05) is 33.0 Å². The number of hydrazone groups is 1. The van der Waals surface area contributed by atoms with Gasteiger partial charge in [0.25, 0.3) is 0 Å². The standard InChI is InChI=1S/C24H20ClN3O4/c1-13-4-5-16(24(30)31)10-20(13)28-14(2)8-18(15(28)3)12-26-27-23(29)22-11-17-9-19(25)6-7-21(17)32-22/h4-12H,1-3H3,(H,27,29)(H,30,31)/b26-12+. The van der Waals surface area contributed by atoms with E-state index in [9.17, 15) is 14.7 Å². The second-order valence-electron chi connectivity index (χ2n) is 7.46. The molecule has 162 valence electrons. The fourth-order valence-electron chi connectivity index (χ4n) is 3.61. The monoisotopic (exact) mass is 449 g/mol. The number of hydrogen-bond donors (Lipinski definition) is 2. The van der Waals surface area contributed by atoms with Gasteiger partial charge >= 0.3 is 11.9 Å². The van der Waals surface area contributed by atoms with E-state index < -0.39 is 11.9 Å². The van der Waals surface area contributed by atoms with E-state index in [2.05, 4.69) is 10.5 Å². The SMILES string of the molecule is Cc1ccc(C(=O)O)cc1-n1c(C)cc(/C=N/NC(=O)c2cc3cc(Cl)ccc3o2)c1C. The van der Waals surface area contributed by atoms with Crippen molar-refractivity contribution >= 4 is 40.7 Å². The van der Waals surface area contributed by atoms with E-state index in [4.69, 9.17) is 16.0 Å². The van der Waals surface area contributed by atoms with E-state index in [-0.39, 0.29) is 11.3 Å². The minimum Gasteiger partial charge on any atom is -0.478 e. The second kappa shape index (κ2) is 8.36. The number of benzene rings is 2. The molecule has 0 radical (unpaired) electrons. The van der Waals surface area contributed by atoms with Crippen LogP contribution >= 0.6 is 11.6 Å². The van der Waals surface area contributed by atoms with Crippen molar-refractivity contribution in [3.8, 4) is 5.69 Å². The van der Waals surface area contributed by atoms with E-state index >= 15 is 0 Å². The first-order valence-electron chi connectivity index (χ1n) is 9.80. The third-order valence-corrected chi connectivity index (χ3v) is 5.47. The number of carboxylic acids is 1. The van der Waals surface area contributed by atoms with Crippen LogP contribution in [0.15, 0.2) is 58.0 Å². The maximum absolute atomic E-state index is 12.4. The molecule has 0 unspecified atom stereocenters. The molecule has 0 saturated carbocycles. The third kappa shape index (κ3) is 4.02. The van der Waals surface area contributed by atoms with Gasteiger partial charge in [-0.3, -0.25) is 4.79 Å². The zero-order valence-electron chi connectivity index (χ0n) is 17.6. The highest BCUT2D eigenvalue weighted by Crippen LogP contribution is 2.24. The van der Waals surface area contributed by atoms with Gasteiger partial charge in [-0.25, -0.2) is 10.2 Å². The van der Waals surface area contributed by atoms with E-state index in [1.807, 2.05) is 31.4 Å². The van der Waals surface area contributed by atoms with Crippen LogP contribution < -0.4 is 5.43 Å². The number of fused-ring (bicyclic) bond motifs is 1. The number of aryl methyl sites for hydroxylation is 2. The number of carbonyl (C=O) groups is 2. The lowest BCUT2D eigenvalue weighted by Gasteiger charge is -2.13. The maximum Gasteiger partial charge on any atom is 0.335 e. The molecule has 0 spiro atoms. The lowest BCUT2D eigenvalue weighted by molar-refractivity contribution is 0.0696. The van der Waals surface area contributed by atoms with Crippen LogP contribution in [0.1, 0.15) is 43.4 Å². The Morgan fingerprint density at radius 1 is 1.09 bits per heavy atom. The van der Waals surface area contributed by atoms with Crippen molar-refractivity contribution in [2.45, 2.75) is 20.8 Å². The number of amides is 1. The van der Waals surface area contributed by atoms with Crippen LogP contribution in [0.5, 0.6) is 0 Å². The number of aromatic carboxylic acids is 1. The topological polar surface area (TPSA) is 96.8 Å². The Labute approximate surface area is 188 Å². The van der Waals surface area contributed by atoms with Crippen LogP contribution in [-0.2, 0) is 0 Å². The Morgan fingerprint density at radius 2 is 1.88 bits per heavy atom. The molecule has 8 heteroatoms. The molecular weight excluding hydrogens is 430 g/mol. The van der Waals surface area contributed by atoms with Gasteiger partial charge in [0.1, 0.15) is 5.58 Å². The van der Waals surface area contributed by atoms with E-state index in [1.165, 1.54) is 0 Å². The minimum atomic E-state index is -0.980. The first-order valence-corrected chi connectivity index (χ1v) is 10.2. The molecule has 0 bridgehead atoms. The summed E-state index contributed by atoms with van der Waals surface area (Å²) in [7, 11) is 0. The number of aromatic nitrogens is 1. The Morgan fingerprint density at radius 3 is 2.62 bits per heavy atom. The fourth-order valence-corrected chi connectivity index (χ4v) is 3.79. The Hall–Kier alpha value is -3.84. The largest absolute Gasteiger partial charge is 0.478 e. The molecule has 32 heavy (non-hydrogen) atoms. The summed E-state index contributed by atoms with van der Waals surface area (Å²) in [6.45, 7) is 5.76. The summed E-state index contributed by atoms with van der Waals surface area (Å²) in [4.78, 5) is 23.8. The van der Waals surface area contributed by atoms with Crippen molar-refractivity contribution in [2.75, 3.05) is 0 Å². The Bertz CT molecular complexity index is 1400. The van der Waals surface area contributed by atoms with Gasteiger partial charge in [0.15, 0.2) is 5.76 Å². The van der Waals surface area contributed by atoms with Crippen molar-refractivity contribution < 1.29 is 19.1 Å². The van der Waals surface area contributed by atoms with Crippen LogP contribution in [-0.4, -0.2) is 27.8 Å². The molecule has 4 aromatic rings. The van der Waals surface area contributed by atoms with Crippen LogP contribution in [0.4, 0.5) is 0 Å². The highest BCUT2D eigenvalue weighted by molar-refractivity contribution is 6.31. The zero-order valence-corrected chi connectivity index (χ0v) is 18.4. The number of nitrogens with zero attached hydrogens (tertiary/aromatic N) is 2. The maximum atomic E-state index is 12.4. The van der Waals surface area contributed by atoms with Gasteiger partial charge in [0.05, 0.1) is 11.8 Å². The molecular formula is C24H20ClN3O4. The summed E-state index contributed by atoms with van der Waals surface area (Å²) >= 11 is 5.97. The number of halogens is 1. The summed E-state index contributed by atoms with van der Waals surface area (Å²) in [6, 6.07) is 13.7. The predicted octanol–water partition coefficient (Wildman–Crippen LogP) is 5.26. The molecule has 0 aliphatic rings. The minimum absolute atomic E-state index is 0.131. The number of rotatable bonds is 5. The summed E-state index contributed by atoms with van der Waals surface area (Å²) in [5.41, 5.74) is 7.54. The number of carbonyl (C=O) groups excluding carboxylic acids is 1. The smallest absolute Gasteiger partial charge is 0.335 e. The first kappa shape index (κ1) is 21.4. The zero-order chi connectivity index (χ0) is 23.0. The van der Waals surface area contributed by atoms with Crippen LogP contribution in [0.3, 0.4) is 0 Å². The summed E-state index contributed by atoms with van der Waals surface area (Å²) < 4.78 is 7.51. The molecule has 0 aliphatic carbocycles. The average molecular weight is 450 g/mol. The average Bonchev–Trinajstić information content (AvgIpc) is 3.28. The van der Waals surface area contributed by atoms with Gasteiger partial charge in [0.2, 0.25) is 0 Å². The molecule has 2 aromatic heterocycles. The first-order chi connectivity index (χ1) is 15.2. The third-order valence-electron chi connectivity index (χ3n) is 5.24. The molecule has 2 aromatic carbocycles. The quantitative estimate of drug-likeness (QED) is 0.320. The Kier molecular flexibility index (Phi) is 5.59. The summed E-state index contributed by atoms with van der Waals surface area (Å²) in [6.07, 6.45) is 1.55. The molecule has 7 nitrogen and oxygen atoms in total. The van der Waals surface area contributed by atoms with Crippen molar-refractivity contribution in [3.63, 3.8) is 0 Å². The lowest BCUT2D eigenvalue weighted by atomic mass is 10.1. The van der Waals surface area contributed by atoms with E-state index in [0.29, 0.717) is 10.6 Å². The van der Waals surface area contributed by atoms with Gasteiger partial charge in [-0.15, -0.1) is 0 Å². The molecule has 1 amide bonds. The van der Waals surface area contributed by atoms with Gasteiger partial charge < -0.3 is 14.1 Å². The number of furan rings is 1. The Balaban J connectivity index is 1.57. The molecule has 0 saturated heterocycles. The van der Waals surface area contributed by atoms with Crippen molar-refractivity contribution in [1.29, 1.82) is 0 Å². The molecule has 0 aliphatic heterocycles. The number of nitrogens with one attached hydrogen (secondary N) is 1. The van der Waals surface area contributed by atoms with Gasteiger partial charge in [-0.05, 0) is 68.8 Å². The van der Waals surface area contributed by atoms with Gasteiger partial charge in [-0.2, -0.15) is 5.10 Å². The van der Waals surface area contributed by atoms with E-state index in [0.717, 1.165) is 33.6 Å². The molecule has 2 heterocycles. The van der Waals surface area contributed by atoms with E-state index in [1.54, 1.807) is 48.7 Å². The second-order valence-corrected chi connectivity index (χ2v) is 7.90. The number of carboxylic acid groups (broad SMARTS) is 1. The van der Waals surface area contributed by atoms with Crippen molar-refractivity contribution in [3.05, 3.63) is 87.4 Å². The summed E-state index contributed by atoms with van der Waals surface area (Å²) in [5.74, 6) is -1.33. The van der Waals surface area contributed by atoms with Gasteiger partial charge in [-0.1, -0.05) is 17.7 Å². The highest BCUT2D eigenvalue weighted by atomic mass is 35.5.